The molecule has 2 aromatic rings. The summed E-state index contributed by atoms with van der Waals surface area (Å²) in [5.41, 5.74) is 8.10. The zero-order chi connectivity index (χ0) is 19.8. The van der Waals surface area contributed by atoms with Gasteiger partial charge in [-0.3, -0.25) is 4.99 Å². The van der Waals surface area contributed by atoms with Crippen molar-refractivity contribution in [2.24, 2.45) is 10.7 Å². The molecule has 0 aliphatic carbocycles. The molecule has 6 heteroatoms. The van der Waals surface area contributed by atoms with E-state index in [0.29, 0.717) is 12.5 Å². The Morgan fingerprint density at radius 2 is 1.63 bits per heavy atom. The number of benzene rings is 2. The number of likely N-dealkylation sites (N-methyl/N-ethyl adjacent to an activating group) is 1. The largest absolute Gasteiger partial charge is 0.497 e. The normalized spacial score (nSPS) is 12.9. The average molecular weight is 370 g/mol. The van der Waals surface area contributed by atoms with Crippen molar-refractivity contribution in [1.29, 1.82) is 0 Å². The molecule has 1 unspecified atom stereocenters. The van der Waals surface area contributed by atoms with Gasteiger partial charge in [0.25, 0.3) is 0 Å². The number of nitrogens with zero attached hydrogens (tertiary/aromatic N) is 2. The van der Waals surface area contributed by atoms with Crippen LogP contribution in [0.5, 0.6) is 11.5 Å². The predicted octanol–water partition coefficient (Wildman–Crippen LogP) is 3.51. The third-order valence-corrected chi connectivity index (χ3v) is 4.06. The van der Waals surface area contributed by atoms with E-state index in [1.165, 1.54) is 0 Å². The molecule has 0 bridgehead atoms. The van der Waals surface area contributed by atoms with Gasteiger partial charge < -0.3 is 25.4 Å². The number of hydrogen-bond acceptors (Lipinski definition) is 4. The highest BCUT2D eigenvalue weighted by Crippen LogP contribution is 2.22. The Kier molecular flexibility index (Phi) is 7.49. The summed E-state index contributed by atoms with van der Waals surface area (Å²) in [6.45, 7) is 4.55. The van der Waals surface area contributed by atoms with Crippen molar-refractivity contribution in [2.75, 3.05) is 33.1 Å². The smallest absolute Gasteiger partial charge is 0.193 e. The number of nitrogens with two attached hydrogens (primary N) is 1. The molecule has 0 aliphatic heterocycles. The third kappa shape index (κ3) is 6.49. The summed E-state index contributed by atoms with van der Waals surface area (Å²) in [6, 6.07) is 15.8. The van der Waals surface area contributed by atoms with Gasteiger partial charge in [0.1, 0.15) is 11.5 Å². The highest BCUT2D eigenvalue weighted by atomic mass is 16.5. The number of methoxy groups -OCH3 is 1. The van der Waals surface area contributed by atoms with Gasteiger partial charge in [-0.05, 0) is 69.9 Å². The first-order chi connectivity index (χ1) is 12.9. The average Bonchev–Trinajstić information content (AvgIpc) is 2.63. The van der Waals surface area contributed by atoms with Gasteiger partial charge in [-0.2, -0.15) is 0 Å². The summed E-state index contributed by atoms with van der Waals surface area (Å²) >= 11 is 0. The number of anilines is 1. The van der Waals surface area contributed by atoms with Gasteiger partial charge in [-0.25, -0.2) is 0 Å². The Bertz CT molecular complexity index is 725. The van der Waals surface area contributed by atoms with E-state index in [0.717, 1.165) is 22.7 Å². The van der Waals surface area contributed by atoms with Crippen LogP contribution in [-0.2, 0) is 0 Å². The maximum atomic E-state index is 6.07. The van der Waals surface area contributed by atoms with E-state index >= 15 is 0 Å². The van der Waals surface area contributed by atoms with Crippen LogP contribution in [0.2, 0.25) is 0 Å². The minimum absolute atomic E-state index is 0.123. The molecule has 0 saturated carbocycles. The van der Waals surface area contributed by atoms with E-state index in [-0.39, 0.29) is 12.1 Å². The lowest BCUT2D eigenvalue weighted by atomic mass is 10.1. The number of hydrogen-bond donors (Lipinski definition) is 2. The van der Waals surface area contributed by atoms with Gasteiger partial charge in [0.15, 0.2) is 5.96 Å². The van der Waals surface area contributed by atoms with Crippen molar-refractivity contribution in [3.63, 3.8) is 0 Å². The van der Waals surface area contributed by atoms with Crippen molar-refractivity contribution in [3.05, 3.63) is 54.1 Å². The van der Waals surface area contributed by atoms with Crippen LogP contribution in [0.3, 0.4) is 0 Å². The van der Waals surface area contributed by atoms with Crippen LogP contribution >= 0.6 is 0 Å². The van der Waals surface area contributed by atoms with Crippen LogP contribution in [0.25, 0.3) is 0 Å². The van der Waals surface area contributed by atoms with Gasteiger partial charge >= 0.3 is 0 Å². The number of aliphatic imine (C=N–C) groups is 1. The van der Waals surface area contributed by atoms with Gasteiger partial charge in [0.05, 0.1) is 25.8 Å². The number of ether oxygens (including phenoxy) is 2. The molecule has 3 N–H and O–H groups in total. The van der Waals surface area contributed by atoms with Crippen molar-refractivity contribution >= 4 is 11.6 Å². The fraction of sp³-hybridized carbons (Fsp3) is 0.381. The Hall–Kier alpha value is -2.73. The molecule has 0 heterocycles. The van der Waals surface area contributed by atoms with E-state index in [4.69, 9.17) is 15.2 Å². The molecule has 0 radical (unpaired) electrons. The molecule has 0 saturated heterocycles. The predicted molar refractivity (Wildman–Crippen MR) is 112 cm³/mol. The number of guanidine groups is 1. The first-order valence-corrected chi connectivity index (χ1v) is 9.03. The molecule has 0 spiro atoms. The van der Waals surface area contributed by atoms with E-state index in [9.17, 15) is 0 Å². The Balaban J connectivity index is 2.00. The second kappa shape index (κ2) is 9.83. The van der Waals surface area contributed by atoms with E-state index in [2.05, 4.69) is 27.3 Å². The monoisotopic (exact) mass is 370 g/mol. The zero-order valence-electron chi connectivity index (χ0n) is 16.8. The summed E-state index contributed by atoms with van der Waals surface area (Å²) in [4.78, 5) is 6.63. The van der Waals surface area contributed by atoms with Gasteiger partial charge in [-0.15, -0.1) is 0 Å². The van der Waals surface area contributed by atoms with Crippen LogP contribution in [0.1, 0.15) is 25.5 Å². The molecule has 0 aromatic heterocycles. The molecular formula is C21H30N4O2. The molecule has 27 heavy (non-hydrogen) atoms. The van der Waals surface area contributed by atoms with Gasteiger partial charge in [0, 0.05) is 5.69 Å². The Morgan fingerprint density at radius 1 is 1.04 bits per heavy atom. The summed E-state index contributed by atoms with van der Waals surface area (Å²) in [6.07, 6.45) is 0.149. The summed E-state index contributed by atoms with van der Waals surface area (Å²) in [5.74, 6) is 2.05. The van der Waals surface area contributed by atoms with Gasteiger partial charge in [-0.1, -0.05) is 12.1 Å². The molecule has 0 aliphatic rings. The molecule has 6 nitrogen and oxygen atoms in total. The second-order valence-electron chi connectivity index (χ2n) is 6.79. The minimum Gasteiger partial charge on any atom is -0.497 e. The standard InChI is InChI=1S/C21H30N4O2/c1-15(2)27-19-12-8-17(9-13-19)24-21(22)23-14-20(25(3)4)16-6-10-18(26-5)11-7-16/h6-13,15,20H,14H2,1-5H3,(H3,22,23,24). The number of rotatable bonds is 8. The fourth-order valence-electron chi connectivity index (χ4n) is 2.65. The molecule has 2 rings (SSSR count). The highest BCUT2D eigenvalue weighted by Gasteiger charge is 2.14. The topological polar surface area (TPSA) is 72.1 Å². The summed E-state index contributed by atoms with van der Waals surface area (Å²) < 4.78 is 10.9. The van der Waals surface area contributed by atoms with E-state index in [1.54, 1.807) is 7.11 Å². The SMILES string of the molecule is COc1ccc(C(CN=C(N)Nc2ccc(OC(C)C)cc2)N(C)C)cc1. The Morgan fingerprint density at radius 3 is 2.15 bits per heavy atom. The number of nitrogens with one attached hydrogen (secondary N) is 1. The van der Waals surface area contributed by atoms with Crippen molar-refractivity contribution < 1.29 is 9.47 Å². The minimum atomic E-state index is 0.123. The van der Waals surface area contributed by atoms with E-state index in [1.807, 2.05) is 64.3 Å². The first kappa shape index (κ1) is 20.6. The van der Waals surface area contributed by atoms with Crippen LogP contribution in [-0.4, -0.2) is 44.7 Å². The van der Waals surface area contributed by atoms with E-state index < -0.39 is 0 Å². The summed E-state index contributed by atoms with van der Waals surface area (Å²) in [5, 5.41) is 3.12. The Labute approximate surface area is 162 Å². The molecule has 146 valence electrons. The maximum absolute atomic E-state index is 6.07. The van der Waals surface area contributed by atoms with Gasteiger partial charge in [0.2, 0.25) is 0 Å². The molecule has 0 fully saturated rings. The zero-order valence-corrected chi connectivity index (χ0v) is 16.8. The second-order valence-corrected chi connectivity index (χ2v) is 6.79. The summed E-state index contributed by atoms with van der Waals surface area (Å²) in [7, 11) is 5.72. The fourth-order valence-corrected chi connectivity index (χ4v) is 2.65. The quantitative estimate of drug-likeness (QED) is 0.549. The lowest BCUT2D eigenvalue weighted by Gasteiger charge is -2.23. The lowest BCUT2D eigenvalue weighted by Crippen LogP contribution is -2.27. The molecule has 0 amide bonds. The molecule has 2 aromatic carbocycles. The lowest BCUT2D eigenvalue weighted by molar-refractivity contribution is 0.242. The van der Waals surface area contributed by atoms with Crippen molar-refractivity contribution in [3.8, 4) is 11.5 Å². The molecule has 1 atom stereocenters. The van der Waals surface area contributed by atoms with Crippen LogP contribution < -0.4 is 20.5 Å². The van der Waals surface area contributed by atoms with Crippen LogP contribution in [0.15, 0.2) is 53.5 Å². The van der Waals surface area contributed by atoms with Crippen molar-refractivity contribution in [2.45, 2.75) is 26.0 Å². The third-order valence-electron chi connectivity index (χ3n) is 4.06. The first-order valence-electron chi connectivity index (χ1n) is 9.03. The van der Waals surface area contributed by atoms with Crippen LogP contribution in [0.4, 0.5) is 5.69 Å². The highest BCUT2D eigenvalue weighted by molar-refractivity contribution is 5.92. The van der Waals surface area contributed by atoms with Crippen molar-refractivity contribution in [1.82, 2.24) is 4.90 Å². The molecular weight excluding hydrogens is 340 g/mol. The van der Waals surface area contributed by atoms with Crippen LogP contribution in [0, 0.1) is 0 Å². The maximum Gasteiger partial charge on any atom is 0.193 e.